The fourth-order valence-corrected chi connectivity index (χ4v) is 2.30. The van der Waals surface area contributed by atoms with E-state index in [2.05, 4.69) is 11.0 Å². The van der Waals surface area contributed by atoms with E-state index in [0.717, 1.165) is 23.5 Å². The fraction of sp³-hybridized carbons (Fsp3) is 0.500. The lowest BCUT2D eigenvalue weighted by Gasteiger charge is -2.34. The molecule has 104 valence electrons. The van der Waals surface area contributed by atoms with Crippen LogP contribution in [-0.4, -0.2) is 44.0 Å². The molecular formula is C14H19NO4. The summed E-state index contributed by atoms with van der Waals surface area (Å²) in [5.74, 6) is -0.0235. The standard InChI is InChI=1S/C14H19NO4/c1-10-3-4-13(18-2)12(7-10)15-5-6-19-11(9-15)8-14(16)17/h3-4,7,11H,5-6,8-9H2,1-2H3,(H,16,17). The number of benzene rings is 1. The summed E-state index contributed by atoms with van der Waals surface area (Å²) >= 11 is 0. The Morgan fingerprint density at radius 1 is 1.58 bits per heavy atom. The van der Waals surface area contributed by atoms with Gasteiger partial charge in [0.2, 0.25) is 0 Å². The van der Waals surface area contributed by atoms with E-state index in [9.17, 15) is 4.79 Å². The summed E-state index contributed by atoms with van der Waals surface area (Å²) in [7, 11) is 1.64. The number of aryl methyl sites for hydroxylation is 1. The van der Waals surface area contributed by atoms with E-state index in [4.69, 9.17) is 14.6 Å². The van der Waals surface area contributed by atoms with E-state index < -0.39 is 5.97 Å². The first-order valence-corrected chi connectivity index (χ1v) is 6.33. The van der Waals surface area contributed by atoms with E-state index in [-0.39, 0.29) is 12.5 Å². The van der Waals surface area contributed by atoms with Crippen LogP contribution in [0.15, 0.2) is 18.2 Å². The Labute approximate surface area is 112 Å². The molecular weight excluding hydrogens is 246 g/mol. The SMILES string of the molecule is COc1ccc(C)cc1N1CCOC(CC(=O)O)C1. The molecule has 1 N–H and O–H groups in total. The predicted octanol–water partition coefficient (Wildman–Crippen LogP) is 1.68. The number of anilines is 1. The minimum absolute atomic E-state index is 0.0324. The van der Waals surface area contributed by atoms with Crippen molar-refractivity contribution in [2.24, 2.45) is 0 Å². The van der Waals surface area contributed by atoms with E-state index in [1.165, 1.54) is 0 Å². The molecule has 2 rings (SSSR count). The summed E-state index contributed by atoms with van der Waals surface area (Å²) in [5, 5.41) is 8.84. The molecule has 0 bridgehead atoms. The lowest BCUT2D eigenvalue weighted by atomic mass is 10.1. The molecule has 1 atom stereocenters. The predicted molar refractivity (Wildman–Crippen MR) is 71.9 cm³/mol. The smallest absolute Gasteiger partial charge is 0.306 e. The fourth-order valence-electron chi connectivity index (χ4n) is 2.30. The van der Waals surface area contributed by atoms with Crippen molar-refractivity contribution in [1.82, 2.24) is 0 Å². The van der Waals surface area contributed by atoms with Crippen molar-refractivity contribution in [2.45, 2.75) is 19.4 Å². The third-order valence-corrected chi connectivity index (χ3v) is 3.22. The Hall–Kier alpha value is -1.75. The number of carboxylic acids is 1. The van der Waals surface area contributed by atoms with E-state index >= 15 is 0 Å². The highest BCUT2D eigenvalue weighted by molar-refractivity contribution is 5.68. The molecule has 0 aliphatic carbocycles. The molecule has 1 aliphatic heterocycles. The van der Waals surface area contributed by atoms with Gasteiger partial charge in [-0.2, -0.15) is 0 Å². The molecule has 1 aliphatic rings. The molecule has 0 aromatic heterocycles. The van der Waals surface area contributed by atoms with E-state index in [0.29, 0.717) is 13.2 Å². The number of hydrogen-bond donors (Lipinski definition) is 1. The van der Waals surface area contributed by atoms with Gasteiger partial charge in [-0.1, -0.05) is 6.07 Å². The summed E-state index contributed by atoms with van der Waals surface area (Å²) in [6.07, 6.45) is -0.235. The number of carboxylic acid groups (broad SMARTS) is 1. The second-order valence-corrected chi connectivity index (χ2v) is 4.71. The molecule has 0 saturated carbocycles. The summed E-state index contributed by atoms with van der Waals surface area (Å²) in [6, 6.07) is 5.99. The second-order valence-electron chi connectivity index (χ2n) is 4.71. The van der Waals surface area contributed by atoms with Crippen LogP contribution in [0.5, 0.6) is 5.75 Å². The molecule has 5 heteroatoms. The summed E-state index contributed by atoms with van der Waals surface area (Å²) < 4.78 is 10.9. The van der Waals surface area contributed by atoms with Gasteiger partial charge in [-0.15, -0.1) is 0 Å². The van der Waals surface area contributed by atoms with Crippen molar-refractivity contribution in [3.8, 4) is 5.75 Å². The quantitative estimate of drug-likeness (QED) is 0.897. The van der Waals surface area contributed by atoms with Crippen LogP contribution in [0.3, 0.4) is 0 Å². The minimum Gasteiger partial charge on any atom is -0.495 e. The first kappa shape index (κ1) is 13.7. The maximum atomic E-state index is 10.8. The lowest BCUT2D eigenvalue weighted by Crippen LogP contribution is -2.43. The van der Waals surface area contributed by atoms with Crippen LogP contribution in [0.2, 0.25) is 0 Å². The van der Waals surface area contributed by atoms with Gasteiger partial charge in [0.15, 0.2) is 0 Å². The largest absolute Gasteiger partial charge is 0.495 e. The number of ether oxygens (including phenoxy) is 2. The highest BCUT2D eigenvalue weighted by atomic mass is 16.5. The van der Waals surface area contributed by atoms with Crippen LogP contribution in [0.4, 0.5) is 5.69 Å². The van der Waals surface area contributed by atoms with Gasteiger partial charge < -0.3 is 19.5 Å². The van der Waals surface area contributed by atoms with Crippen LogP contribution < -0.4 is 9.64 Å². The highest BCUT2D eigenvalue weighted by Gasteiger charge is 2.24. The van der Waals surface area contributed by atoms with Crippen molar-refractivity contribution >= 4 is 11.7 Å². The van der Waals surface area contributed by atoms with Crippen molar-refractivity contribution in [2.75, 3.05) is 31.7 Å². The van der Waals surface area contributed by atoms with Crippen LogP contribution in [0.25, 0.3) is 0 Å². The van der Waals surface area contributed by atoms with Crippen LogP contribution >= 0.6 is 0 Å². The molecule has 19 heavy (non-hydrogen) atoms. The van der Waals surface area contributed by atoms with Gasteiger partial charge in [0.25, 0.3) is 0 Å². The molecule has 1 unspecified atom stereocenters. The summed E-state index contributed by atoms with van der Waals surface area (Å²) in [4.78, 5) is 12.9. The van der Waals surface area contributed by atoms with Crippen molar-refractivity contribution in [1.29, 1.82) is 0 Å². The normalized spacial score (nSPS) is 19.3. The maximum absolute atomic E-state index is 10.8. The zero-order valence-electron chi connectivity index (χ0n) is 11.3. The number of morpholine rings is 1. The van der Waals surface area contributed by atoms with Gasteiger partial charge in [-0.25, -0.2) is 0 Å². The minimum atomic E-state index is -0.831. The first-order chi connectivity index (χ1) is 9.10. The highest BCUT2D eigenvalue weighted by Crippen LogP contribution is 2.30. The number of aliphatic carboxylic acids is 1. The Morgan fingerprint density at radius 3 is 3.05 bits per heavy atom. The monoisotopic (exact) mass is 265 g/mol. The van der Waals surface area contributed by atoms with Gasteiger partial charge in [0.05, 0.1) is 31.9 Å². The number of methoxy groups -OCH3 is 1. The van der Waals surface area contributed by atoms with E-state index in [1.807, 2.05) is 19.1 Å². The van der Waals surface area contributed by atoms with Gasteiger partial charge in [-0.05, 0) is 24.6 Å². The maximum Gasteiger partial charge on any atom is 0.306 e. The lowest BCUT2D eigenvalue weighted by molar-refractivity contribution is -0.140. The Morgan fingerprint density at radius 2 is 2.37 bits per heavy atom. The second kappa shape index (κ2) is 5.93. The average Bonchev–Trinajstić information content (AvgIpc) is 2.38. The summed E-state index contributed by atoms with van der Waals surface area (Å²) in [5.41, 5.74) is 2.15. The third kappa shape index (κ3) is 3.38. The van der Waals surface area contributed by atoms with Crippen LogP contribution in [-0.2, 0) is 9.53 Å². The molecule has 0 spiro atoms. The number of nitrogens with zero attached hydrogens (tertiary/aromatic N) is 1. The van der Waals surface area contributed by atoms with E-state index in [1.54, 1.807) is 7.11 Å². The number of rotatable bonds is 4. The molecule has 5 nitrogen and oxygen atoms in total. The number of hydrogen-bond acceptors (Lipinski definition) is 4. The Kier molecular flexibility index (Phi) is 4.27. The molecule has 1 heterocycles. The van der Waals surface area contributed by atoms with Gasteiger partial charge >= 0.3 is 5.97 Å². The van der Waals surface area contributed by atoms with Gasteiger partial charge in [0.1, 0.15) is 5.75 Å². The van der Waals surface area contributed by atoms with Gasteiger partial charge in [-0.3, -0.25) is 4.79 Å². The third-order valence-electron chi connectivity index (χ3n) is 3.22. The van der Waals surface area contributed by atoms with Gasteiger partial charge in [0, 0.05) is 13.1 Å². The van der Waals surface area contributed by atoms with Crippen molar-refractivity contribution < 1.29 is 19.4 Å². The molecule has 0 radical (unpaired) electrons. The topological polar surface area (TPSA) is 59.0 Å². The Balaban J connectivity index is 2.16. The van der Waals surface area contributed by atoms with Crippen LogP contribution in [0, 0.1) is 6.92 Å². The molecule has 1 aromatic carbocycles. The average molecular weight is 265 g/mol. The first-order valence-electron chi connectivity index (χ1n) is 6.33. The zero-order valence-corrected chi connectivity index (χ0v) is 11.3. The molecule has 1 fully saturated rings. The van der Waals surface area contributed by atoms with Crippen molar-refractivity contribution in [3.63, 3.8) is 0 Å². The summed E-state index contributed by atoms with van der Waals surface area (Å²) in [6.45, 7) is 3.88. The molecule has 0 amide bonds. The van der Waals surface area contributed by atoms with Crippen LogP contribution in [0.1, 0.15) is 12.0 Å². The molecule has 1 saturated heterocycles. The number of carbonyl (C=O) groups is 1. The zero-order chi connectivity index (χ0) is 13.8. The molecule has 1 aromatic rings. The van der Waals surface area contributed by atoms with Crippen molar-refractivity contribution in [3.05, 3.63) is 23.8 Å². The Bertz CT molecular complexity index is 461.